The molecule has 2 bridgehead atoms. The normalized spacial score (nSPS) is 28.3. The molecule has 0 amide bonds. The molecule has 2 aromatic carbocycles. The molecule has 3 heteroatoms. The topological polar surface area (TPSA) is 40.5 Å². The average molecular weight is 293 g/mol. The second kappa shape index (κ2) is 4.68. The fourth-order valence-electron chi connectivity index (χ4n) is 4.56. The summed E-state index contributed by atoms with van der Waals surface area (Å²) in [4.78, 5) is 14.1. The Labute approximate surface area is 130 Å². The van der Waals surface area contributed by atoms with E-state index in [-0.39, 0.29) is 17.9 Å². The molecular weight excluding hydrogens is 274 g/mol. The zero-order valence-corrected chi connectivity index (χ0v) is 12.7. The number of likely N-dealkylation sites (N-methyl/N-ethyl adjacent to an activating group) is 1. The van der Waals surface area contributed by atoms with Crippen LogP contribution in [0.4, 0.5) is 0 Å². The molecule has 0 aromatic heterocycles. The Morgan fingerprint density at radius 1 is 0.864 bits per heavy atom. The Morgan fingerprint density at radius 3 is 1.64 bits per heavy atom. The summed E-state index contributed by atoms with van der Waals surface area (Å²) in [7, 11) is 3.99. The molecule has 0 fully saturated rings. The number of hydrogen-bond donors (Lipinski definition) is 1. The van der Waals surface area contributed by atoms with E-state index in [1.54, 1.807) is 0 Å². The number of carboxylic acid groups (broad SMARTS) is 1. The Bertz CT molecular complexity index is 705. The summed E-state index contributed by atoms with van der Waals surface area (Å²) < 4.78 is 0. The highest BCUT2D eigenvalue weighted by molar-refractivity contribution is 5.77. The van der Waals surface area contributed by atoms with E-state index < -0.39 is 11.9 Å². The molecule has 0 saturated heterocycles. The van der Waals surface area contributed by atoms with E-state index in [1.807, 2.05) is 26.2 Å². The summed E-state index contributed by atoms with van der Waals surface area (Å²) in [5.74, 6) is -1.02. The van der Waals surface area contributed by atoms with E-state index in [0.29, 0.717) is 0 Å². The van der Waals surface area contributed by atoms with Gasteiger partial charge in [0.25, 0.3) is 0 Å². The number of hydrogen-bond acceptors (Lipinski definition) is 2. The summed E-state index contributed by atoms with van der Waals surface area (Å²) in [5.41, 5.74) is 4.97. The lowest BCUT2D eigenvalue weighted by Crippen LogP contribution is -2.53. The molecule has 3 aliphatic carbocycles. The molecule has 112 valence electrons. The Hall–Kier alpha value is -2.13. The fourth-order valence-corrected chi connectivity index (χ4v) is 4.56. The van der Waals surface area contributed by atoms with Gasteiger partial charge in [-0.2, -0.15) is 0 Å². The molecule has 2 atom stereocenters. The van der Waals surface area contributed by atoms with E-state index in [4.69, 9.17) is 0 Å². The molecule has 3 nitrogen and oxygen atoms in total. The molecule has 5 rings (SSSR count). The van der Waals surface area contributed by atoms with Crippen molar-refractivity contribution in [3.63, 3.8) is 0 Å². The van der Waals surface area contributed by atoms with Crippen LogP contribution in [-0.2, 0) is 4.79 Å². The number of fused-ring (bicyclic) bond motifs is 1. The van der Waals surface area contributed by atoms with Gasteiger partial charge in [0.05, 0.1) is 5.92 Å². The first-order valence-corrected chi connectivity index (χ1v) is 7.68. The lowest BCUT2D eigenvalue weighted by molar-refractivity contribution is -0.145. The zero-order chi connectivity index (χ0) is 15.4. The highest BCUT2D eigenvalue weighted by atomic mass is 16.4. The minimum Gasteiger partial charge on any atom is -0.481 e. The standard InChI is InChI=1S/C19H19NO2/c1-20(2)18-16-13-9-5-3-7-11(13)15(17(18)19(21)22)12-8-4-6-10-14(12)16/h3-10,15-18H,1-2H3,(H,21,22). The van der Waals surface area contributed by atoms with Gasteiger partial charge in [-0.15, -0.1) is 0 Å². The van der Waals surface area contributed by atoms with Crippen molar-refractivity contribution in [3.05, 3.63) is 70.8 Å². The molecule has 0 aliphatic heterocycles. The third-order valence-corrected chi connectivity index (χ3v) is 5.28. The van der Waals surface area contributed by atoms with Gasteiger partial charge in [0, 0.05) is 17.9 Å². The van der Waals surface area contributed by atoms with Gasteiger partial charge in [0.1, 0.15) is 0 Å². The SMILES string of the molecule is CN(C)C1C2c3ccccc3C(c3ccccc32)C1C(=O)O. The van der Waals surface area contributed by atoms with E-state index in [1.165, 1.54) is 22.3 Å². The maximum absolute atomic E-state index is 12.1. The fraction of sp³-hybridized carbons (Fsp3) is 0.316. The number of rotatable bonds is 2. The first-order valence-electron chi connectivity index (χ1n) is 7.68. The maximum atomic E-state index is 12.1. The smallest absolute Gasteiger partial charge is 0.309 e. The van der Waals surface area contributed by atoms with Gasteiger partial charge in [-0.25, -0.2) is 0 Å². The van der Waals surface area contributed by atoms with Crippen LogP contribution in [0.15, 0.2) is 48.5 Å². The third-order valence-electron chi connectivity index (χ3n) is 5.28. The summed E-state index contributed by atoms with van der Waals surface area (Å²) in [5, 5.41) is 9.90. The van der Waals surface area contributed by atoms with Gasteiger partial charge in [-0.05, 0) is 36.3 Å². The molecule has 0 saturated carbocycles. The van der Waals surface area contributed by atoms with Crippen LogP contribution in [0.5, 0.6) is 0 Å². The molecule has 1 N–H and O–H groups in total. The molecule has 0 spiro atoms. The van der Waals surface area contributed by atoms with E-state index in [9.17, 15) is 9.90 Å². The lowest BCUT2D eigenvalue weighted by Gasteiger charge is -2.51. The van der Waals surface area contributed by atoms with Crippen LogP contribution in [-0.4, -0.2) is 36.1 Å². The summed E-state index contributed by atoms with van der Waals surface area (Å²) in [6.45, 7) is 0. The second-order valence-corrected chi connectivity index (χ2v) is 6.53. The Balaban J connectivity index is 2.04. The maximum Gasteiger partial charge on any atom is 0.309 e. The molecular formula is C19H19NO2. The highest BCUT2D eigenvalue weighted by Crippen LogP contribution is 2.56. The van der Waals surface area contributed by atoms with E-state index in [2.05, 4.69) is 41.3 Å². The van der Waals surface area contributed by atoms with Crippen LogP contribution in [0.2, 0.25) is 0 Å². The van der Waals surface area contributed by atoms with Gasteiger partial charge in [0.2, 0.25) is 0 Å². The lowest BCUT2D eigenvalue weighted by atomic mass is 9.56. The van der Waals surface area contributed by atoms with Crippen LogP contribution in [0.3, 0.4) is 0 Å². The molecule has 2 aromatic rings. The Kier molecular flexibility index (Phi) is 2.88. The molecule has 0 heterocycles. The monoisotopic (exact) mass is 293 g/mol. The van der Waals surface area contributed by atoms with E-state index in [0.717, 1.165) is 0 Å². The van der Waals surface area contributed by atoms with Crippen LogP contribution >= 0.6 is 0 Å². The number of benzene rings is 2. The Morgan fingerprint density at radius 2 is 1.27 bits per heavy atom. The van der Waals surface area contributed by atoms with Crippen LogP contribution in [0, 0.1) is 5.92 Å². The van der Waals surface area contributed by atoms with Crippen molar-refractivity contribution in [2.45, 2.75) is 17.9 Å². The minimum absolute atomic E-state index is 0.00713. The van der Waals surface area contributed by atoms with Crippen molar-refractivity contribution in [2.75, 3.05) is 14.1 Å². The minimum atomic E-state index is -0.697. The molecule has 22 heavy (non-hydrogen) atoms. The number of carboxylic acids is 1. The molecule has 2 unspecified atom stereocenters. The molecule has 3 aliphatic rings. The summed E-state index contributed by atoms with van der Waals surface area (Å²) >= 11 is 0. The van der Waals surface area contributed by atoms with Crippen molar-refractivity contribution in [1.82, 2.24) is 4.90 Å². The van der Waals surface area contributed by atoms with Gasteiger partial charge < -0.3 is 10.0 Å². The van der Waals surface area contributed by atoms with Crippen molar-refractivity contribution in [2.24, 2.45) is 5.92 Å². The zero-order valence-electron chi connectivity index (χ0n) is 12.7. The highest BCUT2D eigenvalue weighted by Gasteiger charge is 2.53. The van der Waals surface area contributed by atoms with Gasteiger partial charge in [-0.1, -0.05) is 48.5 Å². The number of carbonyl (C=O) groups is 1. The second-order valence-electron chi connectivity index (χ2n) is 6.53. The summed E-state index contributed by atoms with van der Waals surface area (Å²) in [6.07, 6.45) is 0. The van der Waals surface area contributed by atoms with Gasteiger partial charge >= 0.3 is 5.97 Å². The van der Waals surface area contributed by atoms with Crippen molar-refractivity contribution in [3.8, 4) is 0 Å². The van der Waals surface area contributed by atoms with Crippen LogP contribution in [0.1, 0.15) is 34.1 Å². The molecule has 0 radical (unpaired) electrons. The largest absolute Gasteiger partial charge is 0.481 e. The van der Waals surface area contributed by atoms with Crippen molar-refractivity contribution in [1.29, 1.82) is 0 Å². The number of aliphatic carboxylic acids is 1. The quantitative estimate of drug-likeness (QED) is 0.925. The average Bonchev–Trinajstić information content (AvgIpc) is 2.53. The first kappa shape index (κ1) is 13.5. The van der Waals surface area contributed by atoms with Crippen molar-refractivity contribution >= 4 is 5.97 Å². The van der Waals surface area contributed by atoms with Gasteiger partial charge in [-0.3, -0.25) is 4.79 Å². The third kappa shape index (κ3) is 1.63. The predicted molar refractivity (Wildman–Crippen MR) is 85.2 cm³/mol. The first-order chi connectivity index (χ1) is 10.6. The van der Waals surface area contributed by atoms with Gasteiger partial charge in [0.15, 0.2) is 0 Å². The predicted octanol–water partition coefficient (Wildman–Crippen LogP) is 2.91. The van der Waals surface area contributed by atoms with Crippen LogP contribution < -0.4 is 0 Å². The van der Waals surface area contributed by atoms with E-state index >= 15 is 0 Å². The van der Waals surface area contributed by atoms with Crippen molar-refractivity contribution < 1.29 is 9.90 Å². The summed E-state index contributed by atoms with van der Waals surface area (Å²) in [6, 6.07) is 16.7. The van der Waals surface area contributed by atoms with Crippen LogP contribution in [0.25, 0.3) is 0 Å². The number of nitrogens with zero attached hydrogens (tertiary/aromatic N) is 1.